The predicted molar refractivity (Wildman–Crippen MR) is 46.4 cm³/mol. The van der Waals surface area contributed by atoms with E-state index in [9.17, 15) is 23.7 Å². The third-order valence-electron chi connectivity index (χ3n) is 1.43. The maximum atomic E-state index is 12.3. The Labute approximate surface area is 84.0 Å². The lowest BCUT2D eigenvalue weighted by molar-refractivity contribution is -0.386. The van der Waals surface area contributed by atoms with Gasteiger partial charge in [-0.25, -0.2) is 8.78 Å². The maximum Gasteiger partial charge on any atom is 0.286 e. The Kier molecular flexibility index (Phi) is 2.94. The van der Waals surface area contributed by atoms with Crippen LogP contribution in [-0.2, 0) is 0 Å². The Morgan fingerprint density at radius 2 is 2.14 bits per heavy atom. The number of nitrogens with zero attached hydrogens (tertiary/aromatic N) is 1. The molecule has 0 aromatic carbocycles. The van der Waals surface area contributed by atoms with Crippen molar-refractivity contribution in [3.8, 4) is 0 Å². The molecule has 0 fully saturated rings. The van der Waals surface area contributed by atoms with E-state index in [0.29, 0.717) is 6.07 Å². The van der Waals surface area contributed by atoms with E-state index in [0.717, 1.165) is 0 Å². The summed E-state index contributed by atoms with van der Waals surface area (Å²) >= 11 is 2.63. The summed E-state index contributed by atoms with van der Waals surface area (Å²) in [4.78, 5) is 22.1. The largest absolute Gasteiger partial charge is 0.316 e. The summed E-state index contributed by atoms with van der Waals surface area (Å²) in [7, 11) is 0. The van der Waals surface area contributed by atoms with Gasteiger partial charge in [-0.05, 0) is 15.9 Å². The fourth-order valence-corrected chi connectivity index (χ4v) is 1.46. The zero-order valence-electron chi connectivity index (χ0n) is 6.46. The number of aromatic nitrogens is 1. The smallest absolute Gasteiger partial charge is 0.286 e. The Balaban J connectivity index is 3.52. The molecule has 1 N–H and O–H groups in total. The minimum absolute atomic E-state index is 0.369. The van der Waals surface area contributed by atoms with Gasteiger partial charge in [-0.2, -0.15) is 0 Å². The average Bonchev–Trinajstić information content (AvgIpc) is 2.01. The van der Waals surface area contributed by atoms with Gasteiger partial charge < -0.3 is 4.98 Å². The third-order valence-corrected chi connectivity index (χ3v) is 2.05. The Hall–Kier alpha value is -1.31. The van der Waals surface area contributed by atoms with Crippen LogP contribution in [0.15, 0.2) is 15.5 Å². The summed E-state index contributed by atoms with van der Waals surface area (Å²) in [5.41, 5.74) is -2.53. The highest BCUT2D eigenvalue weighted by Crippen LogP contribution is 2.32. The van der Waals surface area contributed by atoms with Crippen LogP contribution in [-0.4, -0.2) is 9.91 Å². The lowest BCUT2D eigenvalue weighted by Gasteiger charge is -2.02. The molecule has 1 aromatic rings. The maximum absolute atomic E-state index is 12.3. The first-order chi connectivity index (χ1) is 6.43. The number of nitro groups is 1. The molecule has 1 aromatic heterocycles. The predicted octanol–water partition coefficient (Wildman–Crippen LogP) is 1.98. The highest BCUT2D eigenvalue weighted by molar-refractivity contribution is 9.10. The molecular formula is C6H3BrF2N2O3. The second kappa shape index (κ2) is 3.82. The summed E-state index contributed by atoms with van der Waals surface area (Å²) in [6.07, 6.45) is -3.03. The fourth-order valence-electron chi connectivity index (χ4n) is 0.885. The first-order valence-corrected chi connectivity index (χ1v) is 4.08. The van der Waals surface area contributed by atoms with Crippen LogP contribution >= 0.6 is 15.9 Å². The number of nitrogens with one attached hydrogen (secondary N) is 1. The van der Waals surface area contributed by atoms with Crippen LogP contribution in [0.4, 0.5) is 14.5 Å². The van der Waals surface area contributed by atoms with Gasteiger partial charge in [0.1, 0.15) is 10.2 Å². The number of alkyl halides is 2. The van der Waals surface area contributed by atoms with E-state index < -0.39 is 28.2 Å². The highest BCUT2D eigenvalue weighted by atomic mass is 79.9. The van der Waals surface area contributed by atoms with Crippen molar-refractivity contribution in [3.05, 3.63) is 36.7 Å². The molecule has 1 rings (SSSR count). The molecule has 0 atom stereocenters. The van der Waals surface area contributed by atoms with Crippen molar-refractivity contribution in [1.29, 1.82) is 0 Å². The van der Waals surface area contributed by atoms with Crippen LogP contribution in [0.2, 0.25) is 0 Å². The van der Waals surface area contributed by atoms with Gasteiger partial charge in [-0.1, -0.05) is 0 Å². The standard InChI is InChI=1S/C6H3BrF2N2O3/c7-5-4(6(8)9)2(11(13)14)1-3(12)10-5/h1,6H,(H,10,12). The van der Waals surface area contributed by atoms with Gasteiger partial charge >= 0.3 is 0 Å². The van der Waals surface area contributed by atoms with E-state index in [1.807, 2.05) is 4.98 Å². The lowest BCUT2D eigenvalue weighted by Crippen LogP contribution is -2.10. The molecular weight excluding hydrogens is 266 g/mol. The molecule has 0 spiro atoms. The summed E-state index contributed by atoms with van der Waals surface area (Å²) in [5, 5.41) is 10.3. The zero-order chi connectivity index (χ0) is 10.9. The lowest BCUT2D eigenvalue weighted by atomic mass is 10.2. The number of rotatable bonds is 2. The van der Waals surface area contributed by atoms with Crippen molar-refractivity contribution in [2.75, 3.05) is 0 Å². The van der Waals surface area contributed by atoms with E-state index in [2.05, 4.69) is 15.9 Å². The van der Waals surface area contributed by atoms with E-state index in [-0.39, 0.29) is 4.60 Å². The van der Waals surface area contributed by atoms with Crippen LogP contribution in [0, 0.1) is 10.1 Å². The van der Waals surface area contributed by atoms with Crippen LogP contribution in [0.3, 0.4) is 0 Å². The van der Waals surface area contributed by atoms with Gasteiger partial charge in [0.05, 0.1) is 11.0 Å². The highest BCUT2D eigenvalue weighted by Gasteiger charge is 2.25. The zero-order valence-corrected chi connectivity index (χ0v) is 8.05. The van der Waals surface area contributed by atoms with Gasteiger partial charge in [0.2, 0.25) is 0 Å². The minimum atomic E-state index is -3.03. The number of aromatic amines is 1. The van der Waals surface area contributed by atoms with E-state index in [4.69, 9.17) is 0 Å². The molecule has 0 aliphatic heterocycles. The molecule has 1 heterocycles. The first-order valence-electron chi connectivity index (χ1n) is 3.28. The van der Waals surface area contributed by atoms with Crippen LogP contribution in [0.25, 0.3) is 0 Å². The Bertz CT molecular complexity index is 432. The van der Waals surface area contributed by atoms with Gasteiger partial charge in [0.15, 0.2) is 0 Å². The summed E-state index contributed by atoms with van der Waals surface area (Å²) in [5.74, 6) is 0. The summed E-state index contributed by atoms with van der Waals surface area (Å²) in [6.45, 7) is 0. The number of hydrogen-bond acceptors (Lipinski definition) is 3. The Morgan fingerprint density at radius 1 is 1.57 bits per heavy atom. The van der Waals surface area contributed by atoms with E-state index >= 15 is 0 Å². The SMILES string of the molecule is O=c1cc([N+](=O)[O-])c(C(F)F)c(Br)[nH]1. The second-order valence-corrected chi connectivity index (χ2v) is 3.10. The monoisotopic (exact) mass is 268 g/mol. The van der Waals surface area contributed by atoms with Crippen molar-refractivity contribution in [2.45, 2.75) is 6.43 Å². The first kappa shape index (κ1) is 10.8. The minimum Gasteiger partial charge on any atom is -0.316 e. The molecule has 0 amide bonds. The van der Waals surface area contributed by atoms with Crippen molar-refractivity contribution >= 4 is 21.6 Å². The number of H-pyrrole nitrogens is 1. The van der Waals surface area contributed by atoms with Gasteiger partial charge in [0.25, 0.3) is 17.7 Å². The van der Waals surface area contributed by atoms with Crippen molar-refractivity contribution in [2.24, 2.45) is 0 Å². The third kappa shape index (κ3) is 1.95. The molecule has 0 bridgehead atoms. The number of pyridine rings is 1. The van der Waals surface area contributed by atoms with Gasteiger partial charge in [-0.15, -0.1) is 0 Å². The molecule has 0 unspecified atom stereocenters. The van der Waals surface area contributed by atoms with Crippen LogP contribution < -0.4 is 5.56 Å². The molecule has 0 saturated carbocycles. The molecule has 0 saturated heterocycles. The van der Waals surface area contributed by atoms with Crippen molar-refractivity contribution in [3.63, 3.8) is 0 Å². The molecule has 5 nitrogen and oxygen atoms in total. The number of hydrogen-bond donors (Lipinski definition) is 1. The summed E-state index contributed by atoms with van der Waals surface area (Å²) in [6, 6.07) is 0.520. The van der Waals surface area contributed by atoms with E-state index in [1.165, 1.54) is 0 Å². The van der Waals surface area contributed by atoms with Crippen LogP contribution in [0.1, 0.15) is 12.0 Å². The van der Waals surface area contributed by atoms with Gasteiger partial charge in [0, 0.05) is 0 Å². The molecule has 14 heavy (non-hydrogen) atoms. The van der Waals surface area contributed by atoms with E-state index in [1.54, 1.807) is 0 Å². The number of halogens is 3. The second-order valence-electron chi connectivity index (χ2n) is 2.30. The fraction of sp³-hybridized carbons (Fsp3) is 0.167. The summed E-state index contributed by atoms with van der Waals surface area (Å²) < 4.78 is 24.3. The molecule has 8 heteroatoms. The average molecular weight is 269 g/mol. The topological polar surface area (TPSA) is 76.0 Å². The van der Waals surface area contributed by atoms with Gasteiger partial charge in [-0.3, -0.25) is 14.9 Å². The molecule has 76 valence electrons. The molecule has 0 aliphatic carbocycles. The molecule has 0 radical (unpaired) electrons. The Morgan fingerprint density at radius 3 is 2.57 bits per heavy atom. The van der Waals surface area contributed by atoms with Crippen molar-refractivity contribution in [1.82, 2.24) is 4.98 Å². The quantitative estimate of drug-likeness (QED) is 0.506. The van der Waals surface area contributed by atoms with Crippen molar-refractivity contribution < 1.29 is 13.7 Å². The normalized spacial score (nSPS) is 10.6. The van der Waals surface area contributed by atoms with Crippen LogP contribution in [0.5, 0.6) is 0 Å². The molecule has 0 aliphatic rings.